The molecule has 0 saturated heterocycles. The number of aliphatic hydroxyl groups excluding tert-OH is 2. The topological polar surface area (TPSA) is 81.6 Å². The standard InChI is InChI=1S/C35H56N2O2S.CH4O/c1-7-23-21-27-29-18-15-25(35(29,6)31(38)22-30(27)34(5)19-9-8-12-28(23)34)11-10-20-36-32(39)37-40-26-16-13-24(14-17-26)33(2,3)4;1-2/h13-14,16-17,23,25,27-31,38H,7-12,15,18-22H2,1-6H3,(H2,36,37,39);2H,1H3/t23-,25?,27?,28?,29?,30-,31-,34?,35?;/m0./s1. The molecule has 0 heterocycles. The van der Waals surface area contributed by atoms with Crippen LogP contribution in [0.3, 0.4) is 0 Å². The van der Waals surface area contributed by atoms with Crippen molar-refractivity contribution < 1.29 is 15.0 Å². The van der Waals surface area contributed by atoms with Gasteiger partial charge in [0.1, 0.15) is 0 Å². The van der Waals surface area contributed by atoms with Gasteiger partial charge >= 0.3 is 6.03 Å². The van der Waals surface area contributed by atoms with Gasteiger partial charge < -0.3 is 15.5 Å². The van der Waals surface area contributed by atoms with Crippen LogP contribution in [0.15, 0.2) is 29.2 Å². The summed E-state index contributed by atoms with van der Waals surface area (Å²) in [6, 6.07) is 8.31. The van der Waals surface area contributed by atoms with E-state index in [1.54, 1.807) is 0 Å². The second kappa shape index (κ2) is 13.8. The SMILES string of the molecule is CC[C@H]1CC2C3CCC(CCCNC(=O)NSc4ccc(C(C)(C)C)cc4)C3(C)[C@@H](O)C[C@@H]2C2(C)CCCCC12.CO. The molecule has 6 unspecified atom stereocenters. The maximum absolute atomic E-state index is 12.5. The van der Waals surface area contributed by atoms with Gasteiger partial charge in [-0.2, -0.15) is 0 Å². The maximum atomic E-state index is 12.5. The number of urea groups is 1. The van der Waals surface area contributed by atoms with E-state index in [1.807, 2.05) is 0 Å². The van der Waals surface area contributed by atoms with E-state index in [2.05, 4.69) is 75.8 Å². The number of hydrogen-bond acceptors (Lipinski definition) is 4. The molecule has 2 amide bonds. The lowest BCUT2D eigenvalue weighted by Gasteiger charge is -2.63. The predicted molar refractivity (Wildman–Crippen MR) is 175 cm³/mol. The van der Waals surface area contributed by atoms with Gasteiger partial charge in [-0.1, -0.05) is 72.9 Å². The molecule has 4 aliphatic rings. The van der Waals surface area contributed by atoms with Gasteiger partial charge in [0.2, 0.25) is 0 Å². The van der Waals surface area contributed by atoms with Gasteiger partial charge in [0.25, 0.3) is 0 Å². The predicted octanol–water partition coefficient (Wildman–Crippen LogP) is 8.34. The van der Waals surface area contributed by atoms with Crippen molar-refractivity contribution in [3.63, 3.8) is 0 Å². The fourth-order valence-corrected chi connectivity index (χ4v) is 10.8. The second-order valence-electron chi connectivity index (χ2n) is 15.4. The Morgan fingerprint density at radius 3 is 2.38 bits per heavy atom. The molecule has 0 bridgehead atoms. The molecule has 4 fully saturated rings. The summed E-state index contributed by atoms with van der Waals surface area (Å²) in [6.07, 6.45) is 13.8. The van der Waals surface area contributed by atoms with Crippen molar-refractivity contribution in [1.82, 2.24) is 10.0 Å². The van der Waals surface area contributed by atoms with Crippen LogP contribution in [-0.4, -0.2) is 36.0 Å². The minimum Gasteiger partial charge on any atom is -0.400 e. The summed E-state index contributed by atoms with van der Waals surface area (Å²) in [6.45, 7) is 14.8. The lowest BCUT2D eigenvalue weighted by Crippen LogP contribution is -2.59. The fraction of sp³-hybridized carbons (Fsp3) is 0.806. The molecule has 1 aromatic carbocycles. The van der Waals surface area contributed by atoms with Crippen LogP contribution in [0.2, 0.25) is 0 Å². The van der Waals surface area contributed by atoms with Crippen LogP contribution in [0.1, 0.15) is 118 Å². The van der Waals surface area contributed by atoms with E-state index in [0.29, 0.717) is 29.7 Å². The Hall–Kier alpha value is -1.24. The zero-order chi connectivity index (χ0) is 30.7. The zero-order valence-electron chi connectivity index (χ0n) is 27.5. The Kier molecular flexibility index (Phi) is 11.1. The molecule has 9 atom stereocenters. The van der Waals surface area contributed by atoms with Crippen LogP contribution >= 0.6 is 11.9 Å². The summed E-state index contributed by atoms with van der Waals surface area (Å²) in [5.74, 6) is 4.48. The van der Waals surface area contributed by atoms with Crippen molar-refractivity contribution >= 4 is 18.0 Å². The number of fused-ring (bicyclic) bond motifs is 5. The summed E-state index contributed by atoms with van der Waals surface area (Å²) in [5.41, 5.74) is 1.90. The Morgan fingerprint density at radius 2 is 1.71 bits per heavy atom. The van der Waals surface area contributed by atoms with E-state index in [-0.39, 0.29) is 23.0 Å². The summed E-state index contributed by atoms with van der Waals surface area (Å²) in [7, 11) is 1.00. The van der Waals surface area contributed by atoms with Crippen molar-refractivity contribution in [2.24, 2.45) is 46.3 Å². The van der Waals surface area contributed by atoms with Gasteiger partial charge in [0, 0.05) is 18.6 Å². The lowest BCUT2D eigenvalue weighted by molar-refractivity contribution is -0.179. The van der Waals surface area contributed by atoms with Crippen molar-refractivity contribution in [2.45, 2.75) is 129 Å². The summed E-state index contributed by atoms with van der Waals surface area (Å²) < 4.78 is 2.94. The number of aliphatic hydroxyl groups is 2. The van der Waals surface area contributed by atoms with Crippen LogP contribution in [-0.2, 0) is 5.41 Å². The maximum Gasteiger partial charge on any atom is 0.325 e. The van der Waals surface area contributed by atoms with Gasteiger partial charge in [0.05, 0.1) is 6.10 Å². The fourth-order valence-electron chi connectivity index (χ4n) is 10.3. The Bertz CT molecular complexity index is 1030. The number of nitrogens with one attached hydrogen (secondary N) is 2. The third-order valence-electron chi connectivity index (χ3n) is 12.6. The molecule has 6 heteroatoms. The highest BCUT2D eigenvalue weighted by Crippen LogP contribution is 2.69. The van der Waals surface area contributed by atoms with Crippen LogP contribution in [0.4, 0.5) is 4.79 Å². The number of benzene rings is 1. The van der Waals surface area contributed by atoms with Crippen LogP contribution in [0, 0.1) is 46.3 Å². The number of rotatable bonds is 7. The lowest BCUT2D eigenvalue weighted by atomic mass is 9.42. The highest BCUT2D eigenvalue weighted by atomic mass is 32.2. The molecule has 4 aliphatic carbocycles. The quantitative estimate of drug-likeness (QED) is 0.187. The first kappa shape index (κ1) is 33.6. The summed E-state index contributed by atoms with van der Waals surface area (Å²) in [5, 5.41) is 21.8. The van der Waals surface area contributed by atoms with Gasteiger partial charge in [-0.15, -0.1) is 0 Å². The monoisotopic (exact) mass is 600 g/mol. The Morgan fingerprint density at radius 1 is 1.00 bits per heavy atom. The molecular weight excluding hydrogens is 540 g/mol. The molecule has 4 N–H and O–H groups in total. The Balaban J connectivity index is 0.00000198. The molecule has 42 heavy (non-hydrogen) atoms. The minimum absolute atomic E-state index is 0.0364. The average Bonchev–Trinajstić information content (AvgIpc) is 3.32. The van der Waals surface area contributed by atoms with Gasteiger partial charge in [0.15, 0.2) is 0 Å². The molecular formula is C36H60N2O3S. The van der Waals surface area contributed by atoms with E-state index >= 15 is 0 Å². The van der Waals surface area contributed by atoms with Crippen molar-refractivity contribution in [3.8, 4) is 0 Å². The van der Waals surface area contributed by atoms with Crippen molar-refractivity contribution in [3.05, 3.63) is 29.8 Å². The number of hydrogen-bond donors (Lipinski definition) is 4. The molecule has 0 radical (unpaired) electrons. The number of carbonyl (C=O) groups excluding carboxylic acids is 1. The summed E-state index contributed by atoms with van der Waals surface area (Å²) in [4.78, 5) is 13.5. The molecule has 0 aliphatic heterocycles. The molecule has 5 nitrogen and oxygen atoms in total. The number of amides is 2. The minimum atomic E-state index is -0.179. The van der Waals surface area contributed by atoms with Gasteiger partial charge in [-0.3, -0.25) is 4.72 Å². The largest absolute Gasteiger partial charge is 0.400 e. The molecule has 5 rings (SSSR count). The van der Waals surface area contributed by atoms with E-state index in [4.69, 9.17) is 5.11 Å². The normalized spacial score (nSPS) is 37.4. The first-order chi connectivity index (χ1) is 20.0. The first-order valence-electron chi connectivity index (χ1n) is 16.9. The van der Waals surface area contributed by atoms with E-state index in [0.717, 1.165) is 49.0 Å². The third kappa shape index (κ3) is 6.56. The van der Waals surface area contributed by atoms with Crippen LogP contribution < -0.4 is 10.0 Å². The highest BCUT2D eigenvalue weighted by molar-refractivity contribution is 7.98. The molecule has 1 aromatic rings. The highest BCUT2D eigenvalue weighted by Gasteiger charge is 2.63. The van der Waals surface area contributed by atoms with Gasteiger partial charge in [-0.05, 0) is 133 Å². The van der Waals surface area contributed by atoms with Gasteiger partial charge in [-0.25, -0.2) is 4.79 Å². The average molecular weight is 601 g/mol. The second-order valence-corrected chi connectivity index (χ2v) is 16.3. The van der Waals surface area contributed by atoms with E-state index in [9.17, 15) is 9.90 Å². The molecule has 238 valence electrons. The Labute approximate surface area is 260 Å². The van der Waals surface area contributed by atoms with Crippen LogP contribution in [0.5, 0.6) is 0 Å². The molecule has 0 aromatic heterocycles. The molecule has 4 saturated carbocycles. The third-order valence-corrected chi connectivity index (χ3v) is 13.4. The zero-order valence-corrected chi connectivity index (χ0v) is 28.4. The van der Waals surface area contributed by atoms with Crippen molar-refractivity contribution in [2.75, 3.05) is 13.7 Å². The first-order valence-corrected chi connectivity index (χ1v) is 17.7. The van der Waals surface area contributed by atoms with Crippen LogP contribution in [0.25, 0.3) is 0 Å². The smallest absolute Gasteiger partial charge is 0.325 e. The summed E-state index contributed by atoms with van der Waals surface area (Å²) >= 11 is 1.37. The number of carbonyl (C=O) groups is 1. The van der Waals surface area contributed by atoms with Crippen molar-refractivity contribution in [1.29, 1.82) is 0 Å². The van der Waals surface area contributed by atoms with E-state index < -0.39 is 0 Å². The van der Waals surface area contributed by atoms with E-state index in [1.165, 1.54) is 68.9 Å². The molecule has 0 spiro atoms.